The molecule has 1 aromatic carbocycles. The third kappa shape index (κ3) is 4.81. The second-order valence-electron chi connectivity index (χ2n) is 3.58. The Hall–Kier alpha value is -1.53. The number of nitriles is 1. The van der Waals surface area contributed by atoms with Crippen molar-refractivity contribution in [3.8, 4) is 11.8 Å². The van der Waals surface area contributed by atoms with Gasteiger partial charge in [0.1, 0.15) is 5.75 Å². The lowest BCUT2D eigenvalue weighted by molar-refractivity contribution is 0.298. The second-order valence-corrected chi connectivity index (χ2v) is 3.58. The van der Waals surface area contributed by atoms with Crippen molar-refractivity contribution in [2.24, 2.45) is 0 Å². The number of nitrogens with zero attached hydrogens (tertiary/aromatic N) is 1. The highest BCUT2D eigenvalue weighted by molar-refractivity contribution is 5.27. The SMILES string of the molecule is N#CCCCCOc1ccc(CCO)cc1. The van der Waals surface area contributed by atoms with E-state index in [-0.39, 0.29) is 6.61 Å². The lowest BCUT2D eigenvalue weighted by Crippen LogP contribution is -1.97. The van der Waals surface area contributed by atoms with Crippen molar-refractivity contribution in [1.29, 1.82) is 5.26 Å². The summed E-state index contributed by atoms with van der Waals surface area (Å²) in [6.45, 7) is 0.829. The van der Waals surface area contributed by atoms with E-state index in [1.54, 1.807) is 0 Å². The minimum absolute atomic E-state index is 0.175. The third-order valence-electron chi connectivity index (χ3n) is 2.28. The van der Waals surface area contributed by atoms with Crippen molar-refractivity contribution in [3.05, 3.63) is 29.8 Å². The first-order chi connectivity index (χ1) is 7.86. The molecule has 0 fully saturated rings. The van der Waals surface area contributed by atoms with Crippen molar-refractivity contribution >= 4 is 0 Å². The summed E-state index contributed by atoms with van der Waals surface area (Å²) in [5.41, 5.74) is 1.11. The highest BCUT2D eigenvalue weighted by Gasteiger charge is 1.95. The summed E-state index contributed by atoms with van der Waals surface area (Å²) >= 11 is 0. The zero-order valence-corrected chi connectivity index (χ0v) is 9.35. The van der Waals surface area contributed by atoms with Crippen LogP contribution in [0.3, 0.4) is 0 Å². The van der Waals surface area contributed by atoms with E-state index in [9.17, 15) is 0 Å². The molecule has 0 radical (unpaired) electrons. The van der Waals surface area contributed by atoms with Crippen LogP contribution in [0.1, 0.15) is 24.8 Å². The summed E-state index contributed by atoms with van der Waals surface area (Å²) < 4.78 is 5.51. The molecule has 0 aliphatic rings. The molecule has 0 aliphatic heterocycles. The molecular formula is C13H17NO2. The van der Waals surface area contributed by atoms with E-state index in [1.165, 1.54) is 0 Å². The average Bonchev–Trinajstić information content (AvgIpc) is 2.31. The molecule has 3 heteroatoms. The minimum atomic E-state index is 0.175. The summed E-state index contributed by atoms with van der Waals surface area (Å²) in [5.74, 6) is 0.846. The fourth-order valence-corrected chi connectivity index (χ4v) is 1.38. The van der Waals surface area contributed by atoms with Gasteiger partial charge in [0.15, 0.2) is 0 Å². The highest BCUT2D eigenvalue weighted by Crippen LogP contribution is 2.13. The van der Waals surface area contributed by atoms with E-state index in [4.69, 9.17) is 15.1 Å². The first-order valence-electron chi connectivity index (χ1n) is 5.56. The van der Waals surface area contributed by atoms with Crippen molar-refractivity contribution in [2.45, 2.75) is 25.7 Å². The molecule has 1 N–H and O–H groups in total. The number of ether oxygens (including phenoxy) is 1. The molecule has 0 atom stereocenters. The van der Waals surface area contributed by atoms with Gasteiger partial charge in [0.2, 0.25) is 0 Å². The van der Waals surface area contributed by atoms with Gasteiger partial charge in [-0.2, -0.15) is 5.26 Å². The van der Waals surface area contributed by atoms with Crippen LogP contribution in [0.5, 0.6) is 5.75 Å². The molecule has 86 valence electrons. The second kappa shape index (κ2) is 7.72. The topological polar surface area (TPSA) is 53.2 Å². The Balaban J connectivity index is 2.24. The molecule has 0 spiro atoms. The lowest BCUT2D eigenvalue weighted by atomic mass is 10.1. The molecule has 16 heavy (non-hydrogen) atoms. The van der Waals surface area contributed by atoms with Crippen molar-refractivity contribution in [1.82, 2.24) is 0 Å². The Kier molecular flexibility index (Phi) is 6.05. The van der Waals surface area contributed by atoms with Crippen LogP contribution in [0.4, 0.5) is 0 Å². The van der Waals surface area contributed by atoms with E-state index >= 15 is 0 Å². The van der Waals surface area contributed by atoms with E-state index in [2.05, 4.69) is 6.07 Å². The van der Waals surface area contributed by atoms with Gasteiger partial charge in [0, 0.05) is 13.0 Å². The van der Waals surface area contributed by atoms with Gasteiger partial charge in [0.05, 0.1) is 12.7 Å². The number of aliphatic hydroxyl groups excluding tert-OH is 1. The Morgan fingerprint density at radius 1 is 1.19 bits per heavy atom. The first kappa shape index (κ1) is 12.5. The van der Waals surface area contributed by atoms with Gasteiger partial charge in [0.25, 0.3) is 0 Å². The Labute approximate surface area is 96.3 Å². The van der Waals surface area contributed by atoms with Gasteiger partial charge in [-0.3, -0.25) is 0 Å². The maximum absolute atomic E-state index is 8.76. The van der Waals surface area contributed by atoms with Gasteiger partial charge < -0.3 is 9.84 Å². The highest BCUT2D eigenvalue weighted by atomic mass is 16.5. The molecule has 0 amide bonds. The third-order valence-corrected chi connectivity index (χ3v) is 2.28. The Morgan fingerprint density at radius 3 is 2.56 bits per heavy atom. The normalized spacial score (nSPS) is 9.75. The standard InChI is InChI=1S/C13H17NO2/c14-9-2-1-3-11-16-13-6-4-12(5-7-13)8-10-15/h4-7,15H,1-3,8,10-11H2. The largest absolute Gasteiger partial charge is 0.494 e. The zero-order chi connectivity index (χ0) is 11.6. The number of rotatable bonds is 7. The van der Waals surface area contributed by atoms with Gasteiger partial charge in [-0.05, 0) is 37.0 Å². The van der Waals surface area contributed by atoms with Crippen molar-refractivity contribution in [3.63, 3.8) is 0 Å². The average molecular weight is 219 g/mol. The summed E-state index contributed by atoms with van der Waals surface area (Å²) in [4.78, 5) is 0. The predicted molar refractivity (Wildman–Crippen MR) is 62.2 cm³/mol. The van der Waals surface area contributed by atoms with Crippen molar-refractivity contribution < 1.29 is 9.84 Å². The number of hydrogen-bond acceptors (Lipinski definition) is 3. The number of hydrogen-bond donors (Lipinski definition) is 1. The molecule has 0 aromatic heterocycles. The minimum Gasteiger partial charge on any atom is -0.494 e. The van der Waals surface area contributed by atoms with Crippen LogP contribution in [-0.4, -0.2) is 18.3 Å². The molecule has 1 rings (SSSR count). The van der Waals surface area contributed by atoms with Crippen LogP contribution in [0.15, 0.2) is 24.3 Å². The van der Waals surface area contributed by atoms with Crippen LogP contribution >= 0.6 is 0 Å². The first-order valence-corrected chi connectivity index (χ1v) is 5.56. The van der Waals surface area contributed by atoms with Gasteiger partial charge in [-0.25, -0.2) is 0 Å². The van der Waals surface area contributed by atoms with Gasteiger partial charge >= 0.3 is 0 Å². The smallest absolute Gasteiger partial charge is 0.119 e. The Morgan fingerprint density at radius 2 is 1.94 bits per heavy atom. The molecule has 0 aliphatic carbocycles. The summed E-state index contributed by atoms with van der Waals surface area (Å²) in [5, 5.41) is 17.1. The van der Waals surface area contributed by atoms with Gasteiger partial charge in [-0.1, -0.05) is 12.1 Å². The zero-order valence-electron chi connectivity index (χ0n) is 9.35. The predicted octanol–water partition coefficient (Wildman–Crippen LogP) is 2.29. The maximum atomic E-state index is 8.76. The quantitative estimate of drug-likeness (QED) is 0.716. The Bertz CT molecular complexity index is 327. The molecular weight excluding hydrogens is 202 g/mol. The molecule has 3 nitrogen and oxygen atoms in total. The molecule has 0 saturated carbocycles. The number of benzene rings is 1. The van der Waals surface area contributed by atoms with E-state index in [0.29, 0.717) is 19.4 Å². The van der Waals surface area contributed by atoms with Gasteiger partial charge in [-0.15, -0.1) is 0 Å². The maximum Gasteiger partial charge on any atom is 0.119 e. The summed E-state index contributed by atoms with van der Waals surface area (Å²) in [6, 6.07) is 9.85. The molecule has 0 bridgehead atoms. The van der Waals surface area contributed by atoms with Crippen LogP contribution < -0.4 is 4.74 Å². The fraction of sp³-hybridized carbons (Fsp3) is 0.462. The molecule has 0 heterocycles. The number of unbranched alkanes of at least 4 members (excludes halogenated alkanes) is 2. The van der Waals surface area contributed by atoms with Crippen molar-refractivity contribution in [2.75, 3.05) is 13.2 Å². The lowest BCUT2D eigenvalue weighted by Gasteiger charge is -2.06. The van der Waals surface area contributed by atoms with Crippen LogP contribution in [0, 0.1) is 11.3 Å². The molecule has 1 aromatic rings. The summed E-state index contributed by atoms with van der Waals surface area (Å²) in [6.07, 6.45) is 3.08. The van der Waals surface area contributed by atoms with Crippen LogP contribution in [0.25, 0.3) is 0 Å². The molecule has 0 saturated heterocycles. The molecule has 0 unspecified atom stereocenters. The van der Waals surface area contributed by atoms with E-state index in [1.807, 2.05) is 24.3 Å². The van der Waals surface area contributed by atoms with E-state index in [0.717, 1.165) is 24.2 Å². The van der Waals surface area contributed by atoms with Crippen LogP contribution in [-0.2, 0) is 6.42 Å². The summed E-state index contributed by atoms with van der Waals surface area (Å²) in [7, 11) is 0. The van der Waals surface area contributed by atoms with Crippen LogP contribution in [0.2, 0.25) is 0 Å². The monoisotopic (exact) mass is 219 g/mol. The fourth-order valence-electron chi connectivity index (χ4n) is 1.38. The number of aliphatic hydroxyl groups is 1. The van der Waals surface area contributed by atoms with E-state index < -0.39 is 0 Å².